The van der Waals surface area contributed by atoms with Crippen molar-refractivity contribution in [3.8, 4) is 0 Å². The smallest absolute Gasteiger partial charge is 0.340 e. The van der Waals surface area contributed by atoms with Gasteiger partial charge in [-0.05, 0) is 36.7 Å². The summed E-state index contributed by atoms with van der Waals surface area (Å²) < 4.78 is 39.3. The molecule has 2 N–H and O–H groups in total. The number of alkyl halides is 3. The molecule has 92 valence electrons. The number of aryl methyl sites for hydroxylation is 1. The Labute approximate surface area is 96.8 Å². The molecule has 0 aliphatic heterocycles. The van der Waals surface area contributed by atoms with Crippen LogP contribution >= 0.6 is 0 Å². The number of nitrogens with two attached hydrogens (primary N) is 1. The Bertz CT molecular complexity index is 540. The Morgan fingerprint density at radius 1 is 1.24 bits per heavy atom. The van der Waals surface area contributed by atoms with Crippen LogP contribution in [-0.4, -0.2) is 11.1 Å². The normalized spacial score (nSPS) is 12.3. The molecule has 0 amide bonds. The Hall–Kier alpha value is -1.49. The Morgan fingerprint density at radius 3 is 2.53 bits per heavy atom. The third-order valence-electron chi connectivity index (χ3n) is 2.83. The molecule has 0 aliphatic carbocycles. The van der Waals surface area contributed by atoms with Gasteiger partial charge in [0.2, 0.25) is 0 Å². The summed E-state index contributed by atoms with van der Waals surface area (Å²) >= 11 is 0. The second-order valence-corrected chi connectivity index (χ2v) is 4.02. The van der Waals surface area contributed by atoms with Gasteiger partial charge >= 0.3 is 6.18 Å². The van der Waals surface area contributed by atoms with Crippen molar-refractivity contribution in [3.63, 3.8) is 0 Å². The lowest BCUT2D eigenvalue weighted by molar-refractivity contribution is -0.142. The summed E-state index contributed by atoms with van der Waals surface area (Å²) in [5, 5.41) is 0.603. The van der Waals surface area contributed by atoms with Crippen LogP contribution in [0, 0.1) is 0 Å². The lowest BCUT2D eigenvalue weighted by atomic mass is 10.1. The number of aromatic nitrogens is 1. The highest BCUT2D eigenvalue weighted by atomic mass is 19.4. The maximum absolute atomic E-state index is 12.7. The summed E-state index contributed by atoms with van der Waals surface area (Å²) in [4.78, 5) is 0. The minimum atomic E-state index is -4.32. The monoisotopic (exact) mass is 242 g/mol. The maximum Gasteiger partial charge on any atom is 0.431 e. The molecule has 1 aromatic carbocycles. The molecule has 0 bridgehead atoms. The molecular weight excluding hydrogens is 229 g/mol. The van der Waals surface area contributed by atoms with E-state index in [0.717, 1.165) is 5.56 Å². The van der Waals surface area contributed by atoms with Crippen LogP contribution in [-0.2, 0) is 19.6 Å². The largest absolute Gasteiger partial charge is 0.431 e. The molecule has 2 rings (SSSR count). The summed E-state index contributed by atoms with van der Waals surface area (Å²) in [5.41, 5.74) is 6.34. The van der Waals surface area contributed by atoms with Gasteiger partial charge in [0.1, 0.15) is 5.69 Å². The molecule has 0 unspecified atom stereocenters. The predicted molar refractivity (Wildman–Crippen MR) is 60.7 cm³/mol. The molecule has 0 saturated heterocycles. The van der Waals surface area contributed by atoms with Crippen molar-refractivity contribution in [2.24, 2.45) is 12.8 Å². The first-order chi connectivity index (χ1) is 7.93. The van der Waals surface area contributed by atoms with E-state index < -0.39 is 11.9 Å². The van der Waals surface area contributed by atoms with Crippen LogP contribution in [0.15, 0.2) is 24.3 Å². The van der Waals surface area contributed by atoms with Gasteiger partial charge in [-0.2, -0.15) is 13.2 Å². The number of hydrogen-bond donors (Lipinski definition) is 1. The minimum absolute atomic E-state index is 0.491. The fourth-order valence-electron chi connectivity index (χ4n) is 1.99. The van der Waals surface area contributed by atoms with E-state index in [0.29, 0.717) is 23.9 Å². The molecule has 0 radical (unpaired) electrons. The highest BCUT2D eigenvalue weighted by molar-refractivity contribution is 5.82. The average Bonchev–Trinajstić information content (AvgIpc) is 2.56. The van der Waals surface area contributed by atoms with Gasteiger partial charge in [-0.1, -0.05) is 6.07 Å². The standard InChI is InChI=1S/C12H13F3N2/c1-17-10-3-2-8(4-5-16)6-9(10)7-11(17)12(13,14)15/h2-3,6-7H,4-5,16H2,1H3. The molecule has 0 fully saturated rings. The van der Waals surface area contributed by atoms with E-state index in [1.54, 1.807) is 12.1 Å². The number of nitrogens with zero attached hydrogens (tertiary/aromatic N) is 1. The number of rotatable bonds is 2. The topological polar surface area (TPSA) is 30.9 Å². The SMILES string of the molecule is Cn1c(C(F)(F)F)cc2cc(CCN)ccc21. The third-order valence-corrected chi connectivity index (χ3v) is 2.83. The molecule has 0 aliphatic rings. The van der Waals surface area contributed by atoms with Gasteiger partial charge < -0.3 is 10.3 Å². The van der Waals surface area contributed by atoms with Gasteiger partial charge in [-0.3, -0.25) is 0 Å². The molecule has 17 heavy (non-hydrogen) atoms. The Balaban J connectivity index is 2.57. The van der Waals surface area contributed by atoms with Crippen LogP contribution in [0.25, 0.3) is 10.9 Å². The van der Waals surface area contributed by atoms with Crippen LogP contribution in [0.5, 0.6) is 0 Å². The number of hydrogen-bond acceptors (Lipinski definition) is 1. The summed E-state index contributed by atoms with van der Waals surface area (Å²) in [7, 11) is 1.42. The molecule has 0 atom stereocenters. The highest BCUT2D eigenvalue weighted by Crippen LogP contribution is 2.33. The minimum Gasteiger partial charge on any atom is -0.340 e. The number of halogens is 3. The van der Waals surface area contributed by atoms with E-state index in [-0.39, 0.29) is 0 Å². The summed E-state index contributed by atoms with van der Waals surface area (Å²) in [6, 6.07) is 6.46. The molecular formula is C12H13F3N2. The van der Waals surface area contributed by atoms with Crippen molar-refractivity contribution in [1.29, 1.82) is 0 Å². The predicted octanol–water partition coefficient (Wildman–Crippen LogP) is 2.70. The molecule has 1 aromatic heterocycles. The van der Waals surface area contributed by atoms with Gasteiger partial charge in [0.15, 0.2) is 0 Å². The molecule has 2 aromatic rings. The molecule has 0 spiro atoms. The van der Waals surface area contributed by atoms with Crippen LogP contribution in [0.4, 0.5) is 13.2 Å². The quantitative estimate of drug-likeness (QED) is 0.862. The summed E-state index contributed by atoms with van der Waals surface area (Å²) in [5.74, 6) is 0. The van der Waals surface area contributed by atoms with Crippen LogP contribution in [0.3, 0.4) is 0 Å². The first-order valence-corrected chi connectivity index (χ1v) is 5.29. The second-order valence-electron chi connectivity index (χ2n) is 4.02. The zero-order valence-corrected chi connectivity index (χ0v) is 9.38. The van der Waals surface area contributed by atoms with Gasteiger partial charge in [0, 0.05) is 18.0 Å². The zero-order chi connectivity index (χ0) is 12.6. The van der Waals surface area contributed by atoms with E-state index in [2.05, 4.69) is 0 Å². The van der Waals surface area contributed by atoms with Crippen molar-refractivity contribution in [2.75, 3.05) is 6.54 Å². The molecule has 0 saturated carbocycles. The fraction of sp³-hybridized carbons (Fsp3) is 0.333. The van der Waals surface area contributed by atoms with Crippen molar-refractivity contribution < 1.29 is 13.2 Å². The fourth-order valence-corrected chi connectivity index (χ4v) is 1.99. The Morgan fingerprint density at radius 2 is 1.94 bits per heavy atom. The van der Waals surface area contributed by atoms with Crippen LogP contribution < -0.4 is 5.73 Å². The van der Waals surface area contributed by atoms with E-state index in [1.165, 1.54) is 17.7 Å². The highest BCUT2D eigenvalue weighted by Gasteiger charge is 2.34. The second kappa shape index (κ2) is 4.07. The maximum atomic E-state index is 12.7. The first kappa shape index (κ1) is 12.0. The number of benzene rings is 1. The van der Waals surface area contributed by atoms with Gasteiger partial charge in [0.25, 0.3) is 0 Å². The van der Waals surface area contributed by atoms with Crippen LogP contribution in [0.2, 0.25) is 0 Å². The summed E-state index contributed by atoms with van der Waals surface area (Å²) in [6.45, 7) is 0.491. The summed E-state index contributed by atoms with van der Waals surface area (Å²) in [6.07, 6.45) is -3.64. The molecule has 2 nitrogen and oxygen atoms in total. The van der Waals surface area contributed by atoms with Crippen LogP contribution in [0.1, 0.15) is 11.3 Å². The third kappa shape index (κ3) is 2.15. The lowest BCUT2D eigenvalue weighted by Gasteiger charge is -2.07. The molecule has 5 heteroatoms. The van der Waals surface area contributed by atoms with Crippen molar-refractivity contribution in [2.45, 2.75) is 12.6 Å². The lowest BCUT2D eigenvalue weighted by Crippen LogP contribution is -2.10. The average molecular weight is 242 g/mol. The first-order valence-electron chi connectivity index (χ1n) is 5.29. The van der Waals surface area contributed by atoms with Gasteiger partial charge in [-0.15, -0.1) is 0 Å². The van der Waals surface area contributed by atoms with Gasteiger partial charge in [0.05, 0.1) is 0 Å². The van der Waals surface area contributed by atoms with Crippen molar-refractivity contribution in [3.05, 3.63) is 35.5 Å². The van der Waals surface area contributed by atoms with Gasteiger partial charge in [-0.25, -0.2) is 0 Å². The van der Waals surface area contributed by atoms with E-state index >= 15 is 0 Å². The Kier molecular flexibility index (Phi) is 2.87. The van der Waals surface area contributed by atoms with Crippen molar-refractivity contribution >= 4 is 10.9 Å². The zero-order valence-electron chi connectivity index (χ0n) is 9.38. The number of fused-ring (bicyclic) bond motifs is 1. The molecule has 1 heterocycles. The van der Waals surface area contributed by atoms with E-state index in [4.69, 9.17) is 5.73 Å². The van der Waals surface area contributed by atoms with Crippen molar-refractivity contribution in [1.82, 2.24) is 4.57 Å². The van der Waals surface area contributed by atoms with E-state index in [1.807, 2.05) is 6.07 Å². The van der Waals surface area contributed by atoms with E-state index in [9.17, 15) is 13.2 Å².